The van der Waals surface area contributed by atoms with Crippen molar-refractivity contribution in [3.63, 3.8) is 0 Å². The monoisotopic (exact) mass is 413 g/mol. The van der Waals surface area contributed by atoms with Gasteiger partial charge < -0.3 is 19.9 Å². The molecule has 0 bridgehead atoms. The van der Waals surface area contributed by atoms with E-state index in [-0.39, 0.29) is 23.2 Å². The first-order valence-electron chi connectivity index (χ1n) is 11.3. The van der Waals surface area contributed by atoms with Crippen LogP contribution in [0.3, 0.4) is 0 Å². The Morgan fingerprint density at radius 1 is 1.13 bits per heavy atom. The summed E-state index contributed by atoms with van der Waals surface area (Å²) in [5, 5.41) is 20.4. The average molecular weight is 414 g/mol. The molecule has 0 radical (unpaired) electrons. The molecule has 0 aliphatic carbocycles. The lowest BCUT2D eigenvalue weighted by Gasteiger charge is -2.31. The molecule has 1 aliphatic rings. The number of phenols is 1. The summed E-state index contributed by atoms with van der Waals surface area (Å²) in [6.07, 6.45) is 8.53. The number of aromatic nitrogens is 1. The maximum absolute atomic E-state index is 12.6. The molecule has 0 amide bonds. The van der Waals surface area contributed by atoms with Gasteiger partial charge in [-0.3, -0.25) is 4.79 Å². The highest BCUT2D eigenvalue weighted by molar-refractivity contribution is 5.71. The summed E-state index contributed by atoms with van der Waals surface area (Å²) < 4.78 is 6.31. The van der Waals surface area contributed by atoms with Crippen molar-refractivity contribution in [2.45, 2.75) is 77.9 Å². The lowest BCUT2D eigenvalue weighted by Crippen LogP contribution is -2.27. The SMILES string of the molecule is CCC(C)CC(C)CC[C@H]1CCC[C@@H](c2c(O)c(-c3ccc(O)cc3)c[nH]c2=O)O1. The number of aromatic amines is 1. The van der Waals surface area contributed by atoms with Crippen molar-refractivity contribution in [2.75, 3.05) is 0 Å². The molecule has 4 atom stereocenters. The van der Waals surface area contributed by atoms with Crippen LogP contribution in [0.2, 0.25) is 0 Å². The smallest absolute Gasteiger partial charge is 0.257 e. The van der Waals surface area contributed by atoms with E-state index in [2.05, 4.69) is 25.8 Å². The predicted molar refractivity (Wildman–Crippen MR) is 120 cm³/mol. The number of hydrogen-bond donors (Lipinski definition) is 3. The van der Waals surface area contributed by atoms with E-state index >= 15 is 0 Å². The minimum Gasteiger partial charge on any atom is -0.508 e. The van der Waals surface area contributed by atoms with Crippen LogP contribution >= 0.6 is 0 Å². The van der Waals surface area contributed by atoms with Gasteiger partial charge in [-0.05, 0) is 68.1 Å². The van der Waals surface area contributed by atoms with E-state index < -0.39 is 6.10 Å². The van der Waals surface area contributed by atoms with Gasteiger partial charge in [-0.25, -0.2) is 0 Å². The molecular formula is C25H35NO4. The molecule has 1 aliphatic heterocycles. The number of ether oxygens (including phenoxy) is 1. The number of hydrogen-bond acceptors (Lipinski definition) is 4. The van der Waals surface area contributed by atoms with Gasteiger partial charge in [0.05, 0.1) is 17.8 Å². The molecule has 2 unspecified atom stereocenters. The van der Waals surface area contributed by atoms with E-state index in [9.17, 15) is 15.0 Å². The van der Waals surface area contributed by atoms with Crippen LogP contribution in [0.1, 0.15) is 77.4 Å². The largest absolute Gasteiger partial charge is 0.508 e. The molecule has 1 saturated heterocycles. The second kappa shape index (κ2) is 10.2. The van der Waals surface area contributed by atoms with Crippen molar-refractivity contribution < 1.29 is 14.9 Å². The van der Waals surface area contributed by atoms with E-state index in [4.69, 9.17) is 4.74 Å². The normalized spacial score (nSPS) is 21.3. The third-order valence-electron chi connectivity index (χ3n) is 6.43. The van der Waals surface area contributed by atoms with Crippen LogP contribution in [0.25, 0.3) is 11.1 Å². The molecule has 5 nitrogen and oxygen atoms in total. The van der Waals surface area contributed by atoms with Crippen molar-refractivity contribution in [1.82, 2.24) is 4.98 Å². The Hall–Kier alpha value is -2.27. The van der Waals surface area contributed by atoms with Gasteiger partial charge in [-0.1, -0.05) is 39.3 Å². The summed E-state index contributed by atoms with van der Waals surface area (Å²) in [5.41, 5.74) is 1.29. The van der Waals surface area contributed by atoms with Gasteiger partial charge in [-0.15, -0.1) is 0 Å². The quantitative estimate of drug-likeness (QED) is 0.502. The Kier molecular flexibility index (Phi) is 7.59. The molecule has 30 heavy (non-hydrogen) atoms. The molecule has 1 aromatic carbocycles. The highest BCUT2D eigenvalue weighted by Crippen LogP contribution is 2.39. The Bertz CT molecular complexity index is 874. The zero-order chi connectivity index (χ0) is 21.7. The summed E-state index contributed by atoms with van der Waals surface area (Å²) in [7, 11) is 0. The highest BCUT2D eigenvalue weighted by atomic mass is 16.5. The number of benzene rings is 1. The first-order valence-corrected chi connectivity index (χ1v) is 11.3. The molecule has 2 aromatic rings. The van der Waals surface area contributed by atoms with Crippen molar-refractivity contribution in [3.8, 4) is 22.6 Å². The van der Waals surface area contributed by atoms with Gasteiger partial charge in [-0.2, -0.15) is 0 Å². The van der Waals surface area contributed by atoms with Crippen LogP contribution in [0.15, 0.2) is 35.3 Å². The summed E-state index contributed by atoms with van der Waals surface area (Å²) in [6.45, 7) is 6.85. The van der Waals surface area contributed by atoms with Crippen LogP contribution in [-0.2, 0) is 4.74 Å². The maximum Gasteiger partial charge on any atom is 0.257 e. The van der Waals surface area contributed by atoms with Crippen LogP contribution in [0, 0.1) is 11.8 Å². The van der Waals surface area contributed by atoms with E-state index in [1.165, 1.54) is 19.0 Å². The Morgan fingerprint density at radius 3 is 2.57 bits per heavy atom. The summed E-state index contributed by atoms with van der Waals surface area (Å²) in [6, 6.07) is 6.56. The Balaban J connectivity index is 1.73. The van der Waals surface area contributed by atoms with Crippen molar-refractivity contribution in [3.05, 3.63) is 46.4 Å². The Morgan fingerprint density at radius 2 is 1.87 bits per heavy atom. The molecule has 1 fully saturated rings. The van der Waals surface area contributed by atoms with E-state index in [1.807, 2.05) is 0 Å². The van der Waals surface area contributed by atoms with Gasteiger partial charge in [0.1, 0.15) is 11.5 Å². The number of nitrogens with one attached hydrogen (secondary N) is 1. The first kappa shape index (κ1) is 22.4. The zero-order valence-electron chi connectivity index (χ0n) is 18.4. The number of rotatable bonds is 8. The molecule has 5 heteroatoms. The van der Waals surface area contributed by atoms with Gasteiger partial charge in [0.25, 0.3) is 5.56 Å². The van der Waals surface area contributed by atoms with Gasteiger partial charge in [0.2, 0.25) is 0 Å². The molecule has 1 aromatic heterocycles. The fourth-order valence-electron chi connectivity index (χ4n) is 4.46. The average Bonchev–Trinajstić information content (AvgIpc) is 2.73. The second-order valence-corrected chi connectivity index (χ2v) is 8.95. The second-order valence-electron chi connectivity index (χ2n) is 8.95. The third kappa shape index (κ3) is 5.45. The molecule has 0 spiro atoms. The van der Waals surface area contributed by atoms with Crippen molar-refractivity contribution >= 4 is 0 Å². The highest BCUT2D eigenvalue weighted by Gasteiger charge is 2.29. The molecule has 2 heterocycles. The summed E-state index contributed by atoms with van der Waals surface area (Å²) in [5.74, 6) is 1.54. The van der Waals surface area contributed by atoms with Gasteiger partial charge >= 0.3 is 0 Å². The standard InChI is InChI=1S/C25H35NO4/c1-4-16(2)14-17(3)8-13-20-6-5-7-22(30-20)23-24(28)21(15-26-25(23)29)18-9-11-19(27)12-10-18/h9-12,15-17,20,22,27H,4-8,13-14H2,1-3H3,(H2,26,28,29)/t16?,17?,20-,22+/m1/s1. The van der Waals surface area contributed by atoms with Gasteiger partial charge in [0.15, 0.2) is 0 Å². The number of aromatic hydroxyl groups is 2. The van der Waals surface area contributed by atoms with E-state index in [0.717, 1.165) is 43.6 Å². The number of H-pyrrole nitrogens is 1. The fourth-order valence-corrected chi connectivity index (χ4v) is 4.46. The molecule has 3 N–H and O–H groups in total. The zero-order valence-corrected chi connectivity index (χ0v) is 18.4. The summed E-state index contributed by atoms with van der Waals surface area (Å²) in [4.78, 5) is 15.3. The molecular weight excluding hydrogens is 378 g/mol. The minimum absolute atomic E-state index is 0.0276. The lowest BCUT2D eigenvalue weighted by molar-refractivity contribution is -0.0585. The van der Waals surface area contributed by atoms with Gasteiger partial charge in [0, 0.05) is 11.8 Å². The number of pyridine rings is 1. The van der Waals surface area contributed by atoms with Crippen LogP contribution in [0.5, 0.6) is 11.5 Å². The van der Waals surface area contributed by atoms with Crippen LogP contribution in [-0.4, -0.2) is 21.3 Å². The lowest BCUT2D eigenvalue weighted by atomic mass is 9.89. The molecule has 3 rings (SSSR count). The topological polar surface area (TPSA) is 82.5 Å². The predicted octanol–water partition coefficient (Wildman–Crippen LogP) is 5.92. The fraction of sp³-hybridized carbons (Fsp3) is 0.560. The maximum atomic E-state index is 12.6. The Labute approximate surface area is 179 Å². The summed E-state index contributed by atoms with van der Waals surface area (Å²) >= 11 is 0. The molecule has 0 saturated carbocycles. The van der Waals surface area contributed by atoms with Crippen molar-refractivity contribution in [2.24, 2.45) is 11.8 Å². The first-order chi connectivity index (χ1) is 14.4. The third-order valence-corrected chi connectivity index (χ3v) is 6.43. The van der Waals surface area contributed by atoms with Crippen LogP contribution in [0.4, 0.5) is 0 Å². The van der Waals surface area contributed by atoms with Crippen LogP contribution < -0.4 is 5.56 Å². The van der Waals surface area contributed by atoms with E-state index in [1.54, 1.807) is 24.3 Å². The van der Waals surface area contributed by atoms with Crippen molar-refractivity contribution in [1.29, 1.82) is 0 Å². The minimum atomic E-state index is -0.394. The number of phenolic OH excluding ortho intramolecular Hbond substituents is 1. The molecule has 164 valence electrons. The van der Waals surface area contributed by atoms with E-state index in [0.29, 0.717) is 17.0 Å².